The van der Waals surface area contributed by atoms with Gasteiger partial charge in [-0.05, 0) is 41.7 Å². The van der Waals surface area contributed by atoms with E-state index in [2.05, 4.69) is 33.4 Å². The van der Waals surface area contributed by atoms with Gasteiger partial charge < -0.3 is 5.32 Å². The van der Waals surface area contributed by atoms with Crippen molar-refractivity contribution in [2.45, 2.75) is 17.7 Å². The van der Waals surface area contributed by atoms with Crippen molar-refractivity contribution in [3.63, 3.8) is 0 Å². The van der Waals surface area contributed by atoms with Crippen molar-refractivity contribution in [3.8, 4) is 0 Å². The average molecular weight is 365 g/mol. The SMILES string of the molecule is O=C1NCCCc2ccc(C(Br)c3ccccc3Cl)cc21. The van der Waals surface area contributed by atoms with Gasteiger partial charge in [0.25, 0.3) is 5.91 Å². The molecule has 0 fully saturated rings. The molecule has 0 bridgehead atoms. The minimum Gasteiger partial charge on any atom is -0.352 e. The first-order chi connectivity index (χ1) is 10.2. The highest BCUT2D eigenvalue weighted by atomic mass is 79.9. The first-order valence-electron chi connectivity index (χ1n) is 6.96. The number of halogens is 2. The van der Waals surface area contributed by atoms with Gasteiger partial charge >= 0.3 is 0 Å². The molecule has 2 nitrogen and oxygen atoms in total. The second-order valence-electron chi connectivity index (χ2n) is 5.16. The maximum Gasteiger partial charge on any atom is 0.251 e. The van der Waals surface area contributed by atoms with Crippen molar-refractivity contribution in [2.24, 2.45) is 0 Å². The van der Waals surface area contributed by atoms with Gasteiger partial charge in [-0.15, -0.1) is 0 Å². The van der Waals surface area contributed by atoms with Gasteiger partial charge in [-0.1, -0.05) is 57.9 Å². The Labute approximate surface area is 137 Å². The molecular formula is C17H15BrClNO. The molecule has 4 heteroatoms. The molecule has 1 heterocycles. The summed E-state index contributed by atoms with van der Waals surface area (Å²) in [6.07, 6.45) is 1.92. The number of aryl methyl sites for hydroxylation is 1. The molecule has 1 aliphatic rings. The van der Waals surface area contributed by atoms with Gasteiger partial charge in [-0.25, -0.2) is 0 Å². The number of hydrogen-bond donors (Lipinski definition) is 1. The Morgan fingerprint density at radius 1 is 1.19 bits per heavy atom. The van der Waals surface area contributed by atoms with Gasteiger partial charge in [0.2, 0.25) is 0 Å². The number of carbonyl (C=O) groups is 1. The maximum absolute atomic E-state index is 12.1. The Kier molecular flexibility index (Phi) is 4.32. The molecule has 21 heavy (non-hydrogen) atoms. The van der Waals surface area contributed by atoms with E-state index in [1.165, 1.54) is 0 Å². The molecule has 3 rings (SSSR count). The van der Waals surface area contributed by atoms with Crippen molar-refractivity contribution in [1.29, 1.82) is 0 Å². The van der Waals surface area contributed by atoms with Crippen LogP contribution in [0.25, 0.3) is 0 Å². The summed E-state index contributed by atoms with van der Waals surface area (Å²) in [7, 11) is 0. The van der Waals surface area contributed by atoms with Crippen LogP contribution in [0.15, 0.2) is 42.5 Å². The van der Waals surface area contributed by atoms with Crippen LogP contribution >= 0.6 is 27.5 Å². The third-order valence-electron chi connectivity index (χ3n) is 3.76. The van der Waals surface area contributed by atoms with Crippen LogP contribution in [0.5, 0.6) is 0 Å². The third-order valence-corrected chi connectivity index (χ3v) is 5.12. The number of hydrogen-bond acceptors (Lipinski definition) is 1. The molecule has 0 aromatic heterocycles. The molecule has 1 atom stereocenters. The smallest absolute Gasteiger partial charge is 0.251 e. The molecule has 1 unspecified atom stereocenters. The molecular weight excluding hydrogens is 350 g/mol. The lowest BCUT2D eigenvalue weighted by atomic mass is 9.97. The van der Waals surface area contributed by atoms with E-state index in [1.807, 2.05) is 30.3 Å². The second-order valence-corrected chi connectivity index (χ2v) is 6.48. The number of carbonyl (C=O) groups excluding carboxylic acids is 1. The van der Waals surface area contributed by atoms with Crippen molar-refractivity contribution in [2.75, 3.05) is 6.54 Å². The zero-order valence-corrected chi connectivity index (χ0v) is 13.7. The van der Waals surface area contributed by atoms with Crippen LogP contribution in [-0.2, 0) is 6.42 Å². The summed E-state index contributed by atoms with van der Waals surface area (Å²) in [6, 6.07) is 13.8. The number of nitrogens with one attached hydrogen (secondary N) is 1. The van der Waals surface area contributed by atoms with E-state index in [1.54, 1.807) is 0 Å². The van der Waals surface area contributed by atoms with Crippen LogP contribution in [0, 0.1) is 0 Å². The fraction of sp³-hybridized carbons (Fsp3) is 0.235. The van der Waals surface area contributed by atoms with Gasteiger partial charge in [0.05, 0.1) is 4.83 Å². The maximum atomic E-state index is 12.1. The highest BCUT2D eigenvalue weighted by Gasteiger charge is 2.19. The highest BCUT2D eigenvalue weighted by Crippen LogP contribution is 2.36. The Bertz CT molecular complexity index is 686. The lowest BCUT2D eigenvalue weighted by Gasteiger charge is -2.15. The first kappa shape index (κ1) is 14.6. The predicted octanol–water partition coefficient (Wildman–Crippen LogP) is 4.50. The Morgan fingerprint density at radius 3 is 2.81 bits per heavy atom. The van der Waals surface area contributed by atoms with E-state index in [9.17, 15) is 4.79 Å². The molecule has 0 saturated carbocycles. The molecule has 0 radical (unpaired) electrons. The lowest BCUT2D eigenvalue weighted by molar-refractivity contribution is 0.0956. The van der Waals surface area contributed by atoms with Crippen LogP contribution in [0.3, 0.4) is 0 Å². The van der Waals surface area contributed by atoms with Gasteiger partial charge in [0.1, 0.15) is 0 Å². The fourth-order valence-electron chi connectivity index (χ4n) is 2.62. The normalized spacial score (nSPS) is 15.8. The minimum absolute atomic E-state index is 0.0169. The molecule has 1 aliphatic heterocycles. The lowest BCUT2D eigenvalue weighted by Crippen LogP contribution is -2.22. The largest absolute Gasteiger partial charge is 0.352 e. The summed E-state index contributed by atoms with van der Waals surface area (Å²) >= 11 is 9.95. The average Bonchev–Trinajstić information content (AvgIpc) is 2.69. The van der Waals surface area contributed by atoms with Crippen molar-refractivity contribution in [3.05, 3.63) is 69.7 Å². The topological polar surface area (TPSA) is 29.1 Å². The second kappa shape index (κ2) is 6.20. The van der Waals surface area contributed by atoms with E-state index >= 15 is 0 Å². The number of benzene rings is 2. The third kappa shape index (κ3) is 2.99. The Morgan fingerprint density at radius 2 is 2.00 bits per heavy atom. The quantitative estimate of drug-likeness (QED) is 0.781. The number of fused-ring (bicyclic) bond motifs is 1. The van der Waals surface area contributed by atoms with Crippen LogP contribution in [0.2, 0.25) is 5.02 Å². The van der Waals surface area contributed by atoms with E-state index in [-0.39, 0.29) is 10.7 Å². The highest BCUT2D eigenvalue weighted by molar-refractivity contribution is 9.09. The fourth-order valence-corrected chi connectivity index (χ4v) is 3.68. The zero-order chi connectivity index (χ0) is 14.8. The predicted molar refractivity (Wildman–Crippen MR) is 89.3 cm³/mol. The summed E-state index contributed by atoms with van der Waals surface area (Å²) in [5.41, 5.74) is 3.95. The molecule has 0 aliphatic carbocycles. The Hall–Kier alpha value is -1.32. The van der Waals surface area contributed by atoms with E-state index in [0.29, 0.717) is 0 Å². The monoisotopic (exact) mass is 363 g/mol. The zero-order valence-electron chi connectivity index (χ0n) is 11.4. The van der Waals surface area contributed by atoms with E-state index < -0.39 is 0 Å². The summed E-state index contributed by atoms with van der Waals surface area (Å²) in [5, 5.41) is 3.66. The van der Waals surface area contributed by atoms with Gasteiger partial charge in [-0.2, -0.15) is 0 Å². The van der Waals surface area contributed by atoms with E-state index in [0.717, 1.165) is 46.7 Å². The van der Waals surface area contributed by atoms with Gasteiger partial charge in [0.15, 0.2) is 0 Å². The Balaban J connectivity index is 2.00. The van der Waals surface area contributed by atoms with Crippen LogP contribution in [0.4, 0.5) is 0 Å². The molecule has 0 spiro atoms. The molecule has 2 aromatic carbocycles. The van der Waals surface area contributed by atoms with E-state index in [4.69, 9.17) is 11.6 Å². The molecule has 108 valence electrons. The number of amides is 1. The molecule has 2 aromatic rings. The molecule has 0 saturated heterocycles. The van der Waals surface area contributed by atoms with Gasteiger partial charge in [0, 0.05) is 17.1 Å². The first-order valence-corrected chi connectivity index (χ1v) is 8.25. The molecule has 1 N–H and O–H groups in total. The summed E-state index contributed by atoms with van der Waals surface area (Å²) in [5.74, 6) is 0.0169. The standard InChI is InChI=1S/C17H15BrClNO/c18-16(13-5-1-2-6-15(13)19)12-8-7-11-4-3-9-20-17(21)14(11)10-12/h1-2,5-8,10,16H,3-4,9H2,(H,20,21). The van der Waals surface area contributed by atoms with Crippen molar-refractivity contribution in [1.82, 2.24) is 5.32 Å². The van der Waals surface area contributed by atoms with Crippen LogP contribution in [0.1, 0.15) is 38.3 Å². The summed E-state index contributed by atoms with van der Waals surface area (Å²) in [4.78, 5) is 12.1. The van der Waals surface area contributed by atoms with Crippen molar-refractivity contribution >= 4 is 33.4 Å². The van der Waals surface area contributed by atoms with Gasteiger partial charge in [-0.3, -0.25) is 4.79 Å². The van der Waals surface area contributed by atoms with Crippen molar-refractivity contribution < 1.29 is 4.79 Å². The van der Waals surface area contributed by atoms with Crippen LogP contribution < -0.4 is 5.32 Å². The molecule has 1 amide bonds. The van der Waals surface area contributed by atoms with Crippen LogP contribution in [-0.4, -0.2) is 12.5 Å². The number of alkyl halides is 1. The summed E-state index contributed by atoms with van der Waals surface area (Å²) in [6.45, 7) is 0.741. The minimum atomic E-state index is -0.0208. The number of rotatable bonds is 2. The summed E-state index contributed by atoms with van der Waals surface area (Å²) < 4.78 is 0.